The largest absolute Gasteiger partial charge is 0.335 e. The number of benzene rings is 1. The highest BCUT2D eigenvalue weighted by molar-refractivity contribution is 6.08. The third-order valence-corrected chi connectivity index (χ3v) is 4.48. The van der Waals surface area contributed by atoms with E-state index in [9.17, 15) is 9.59 Å². The fourth-order valence-corrected chi connectivity index (χ4v) is 3.29. The summed E-state index contributed by atoms with van der Waals surface area (Å²) < 4.78 is 0. The van der Waals surface area contributed by atoms with Crippen molar-refractivity contribution in [2.45, 2.75) is 51.5 Å². The second kappa shape index (κ2) is 5.88. The molecule has 0 radical (unpaired) electrons. The highest BCUT2D eigenvalue weighted by Crippen LogP contribution is 2.28. The molecule has 1 saturated carbocycles. The molecule has 1 aliphatic heterocycles. The summed E-state index contributed by atoms with van der Waals surface area (Å²) in [6.07, 6.45) is 6.21. The van der Waals surface area contributed by atoms with E-state index in [1.54, 1.807) is 4.90 Å². The Labute approximate surface area is 125 Å². The molecule has 4 nitrogen and oxygen atoms in total. The lowest BCUT2D eigenvalue weighted by Gasteiger charge is -2.31. The van der Waals surface area contributed by atoms with E-state index in [4.69, 9.17) is 0 Å². The zero-order chi connectivity index (χ0) is 14.8. The molecule has 0 unspecified atom stereocenters. The predicted molar refractivity (Wildman–Crippen MR) is 82.9 cm³/mol. The topological polar surface area (TPSA) is 49.4 Å². The van der Waals surface area contributed by atoms with Crippen molar-refractivity contribution in [3.63, 3.8) is 0 Å². The Morgan fingerprint density at radius 3 is 2.76 bits per heavy atom. The lowest BCUT2D eigenvalue weighted by Crippen LogP contribution is -2.48. The summed E-state index contributed by atoms with van der Waals surface area (Å²) in [4.78, 5) is 26.3. The number of carbonyl (C=O) groups excluding carboxylic acids is 2. The number of carbonyl (C=O) groups is 2. The molecule has 1 aliphatic carbocycles. The third kappa shape index (κ3) is 2.94. The average Bonchev–Trinajstić information content (AvgIpc) is 2.49. The summed E-state index contributed by atoms with van der Waals surface area (Å²) in [5.74, 6) is 0.135. The molecule has 0 spiro atoms. The van der Waals surface area contributed by atoms with E-state index in [0.717, 1.165) is 24.1 Å². The maximum atomic E-state index is 12.5. The van der Waals surface area contributed by atoms with Crippen LogP contribution in [0.1, 0.15) is 54.4 Å². The molecule has 1 heterocycles. The first-order chi connectivity index (χ1) is 10.1. The van der Waals surface area contributed by atoms with E-state index < -0.39 is 0 Å². The maximum absolute atomic E-state index is 12.5. The molecular weight excluding hydrogens is 264 g/mol. The summed E-state index contributed by atoms with van der Waals surface area (Å²) in [6, 6.07) is 5.97. The summed E-state index contributed by atoms with van der Waals surface area (Å²) in [5, 5.41) is 3.13. The van der Waals surface area contributed by atoms with Crippen LogP contribution >= 0.6 is 0 Å². The van der Waals surface area contributed by atoms with Gasteiger partial charge in [-0.2, -0.15) is 0 Å². The number of fused-ring (bicyclic) bond motifs is 1. The van der Waals surface area contributed by atoms with Crippen molar-refractivity contribution >= 4 is 17.5 Å². The van der Waals surface area contributed by atoms with Crippen molar-refractivity contribution in [2.24, 2.45) is 0 Å². The SMILES string of the molecule is Cc1ccc2c(c1)C(=O)CCN2C(=O)NC1CCCCC1. The molecule has 2 aliphatic rings. The molecule has 1 fully saturated rings. The van der Waals surface area contributed by atoms with Crippen molar-refractivity contribution in [3.8, 4) is 0 Å². The van der Waals surface area contributed by atoms with Crippen LogP contribution in [0.4, 0.5) is 10.5 Å². The Hall–Kier alpha value is -1.84. The van der Waals surface area contributed by atoms with Gasteiger partial charge in [0.25, 0.3) is 0 Å². The van der Waals surface area contributed by atoms with E-state index in [0.29, 0.717) is 18.5 Å². The van der Waals surface area contributed by atoms with E-state index in [-0.39, 0.29) is 17.9 Å². The van der Waals surface area contributed by atoms with E-state index in [1.165, 1.54) is 19.3 Å². The predicted octanol–water partition coefficient (Wildman–Crippen LogP) is 3.43. The van der Waals surface area contributed by atoms with Crippen LogP contribution in [0.2, 0.25) is 0 Å². The van der Waals surface area contributed by atoms with Crippen LogP contribution in [0.3, 0.4) is 0 Å². The number of Topliss-reactive ketones (excluding diaryl/α,β-unsaturated/α-hetero) is 1. The number of hydrogen-bond donors (Lipinski definition) is 1. The van der Waals surface area contributed by atoms with Gasteiger partial charge in [-0.15, -0.1) is 0 Å². The fourth-order valence-electron chi connectivity index (χ4n) is 3.29. The van der Waals surface area contributed by atoms with Gasteiger partial charge in [0.1, 0.15) is 0 Å². The standard InChI is InChI=1S/C17H22N2O2/c1-12-7-8-15-14(11-12)16(20)9-10-19(15)17(21)18-13-5-3-2-4-6-13/h7-8,11,13H,2-6,9-10H2,1H3,(H,18,21). The summed E-state index contributed by atoms with van der Waals surface area (Å²) in [5.41, 5.74) is 2.49. The van der Waals surface area contributed by atoms with Crippen LogP contribution in [0.25, 0.3) is 0 Å². The second-order valence-electron chi connectivity index (χ2n) is 6.13. The number of aryl methyl sites for hydroxylation is 1. The van der Waals surface area contributed by atoms with Crippen LogP contribution in [0.15, 0.2) is 18.2 Å². The molecule has 1 aromatic rings. The van der Waals surface area contributed by atoms with Crippen molar-refractivity contribution in [2.75, 3.05) is 11.4 Å². The highest BCUT2D eigenvalue weighted by Gasteiger charge is 2.28. The van der Waals surface area contributed by atoms with Crippen LogP contribution in [0, 0.1) is 6.92 Å². The molecule has 3 rings (SSSR count). The first kappa shape index (κ1) is 14.1. The summed E-state index contributed by atoms with van der Waals surface area (Å²) in [7, 11) is 0. The fraction of sp³-hybridized carbons (Fsp3) is 0.529. The summed E-state index contributed by atoms with van der Waals surface area (Å²) in [6.45, 7) is 2.45. The third-order valence-electron chi connectivity index (χ3n) is 4.48. The van der Waals surface area contributed by atoms with Gasteiger partial charge in [0.05, 0.1) is 5.69 Å². The lowest BCUT2D eigenvalue weighted by atomic mass is 9.95. The van der Waals surface area contributed by atoms with Crippen LogP contribution in [0.5, 0.6) is 0 Å². The van der Waals surface area contributed by atoms with Gasteiger partial charge in [0, 0.05) is 24.6 Å². The van der Waals surface area contributed by atoms with Gasteiger partial charge in [-0.05, 0) is 31.9 Å². The molecule has 0 bridgehead atoms. The van der Waals surface area contributed by atoms with Crippen molar-refractivity contribution < 1.29 is 9.59 Å². The number of ketones is 1. The van der Waals surface area contributed by atoms with Gasteiger partial charge in [-0.3, -0.25) is 9.69 Å². The maximum Gasteiger partial charge on any atom is 0.322 e. The Balaban J connectivity index is 1.78. The minimum absolute atomic E-state index is 0.0560. The Kier molecular flexibility index (Phi) is 3.95. The number of nitrogens with one attached hydrogen (secondary N) is 1. The molecule has 112 valence electrons. The van der Waals surface area contributed by atoms with Crippen LogP contribution < -0.4 is 10.2 Å². The number of hydrogen-bond acceptors (Lipinski definition) is 2. The van der Waals surface area contributed by atoms with Gasteiger partial charge in [0.15, 0.2) is 5.78 Å². The van der Waals surface area contributed by atoms with Gasteiger partial charge >= 0.3 is 6.03 Å². The van der Waals surface area contributed by atoms with E-state index in [2.05, 4.69) is 5.32 Å². The number of amides is 2. The number of urea groups is 1. The van der Waals surface area contributed by atoms with Gasteiger partial charge in [0.2, 0.25) is 0 Å². The molecule has 21 heavy (non-hydrogen) atoms. The first-order valence-corrected chi connectivity index (χ1v) is 7.87. The first-order valence-electron chi connectivity index (χ1n) is 7.87. The van der Waals surface area contributed by atoms with Crippen molar-refractivity contribution in [3.05, 3.63) is 29.3 Å². The van der Waals surface area contributed by atoms with Crippen LogP contribution in [-0.2, 0) is 0 Å². The quantitative estimate of drug-likeness (QED) is 0.860. The smallest absolute Gasteiger partial charge is 0.322 e. The number of anilines is 1. The van der Waals surface area contributed by atoms with Crippen molar-refractivity contribution in [1.82, 2.24) is 5.32 Å². The molecule has 2 amide bonds. The monoisotopic (exact) mass is 286 g/mol. The number of rotatable bonds is 1. The van der Waals surface area contributed by atoms with Gasteiger partial charge in [-0.25, -0.2) is 4.79 Å². The molecule has 4 heteroatoms. The molecule has 0 saturated heterocycles. The summed E-state index contributed by atoms with van der Waals surface area (Å²) >= 11 is 0. The molecule has 1 aromatic carbocycles. The zero-order valence-electron chi connectivity index (χ0n) is 12.5. The molecular formula is C17H22N2O2. The lowest BCUT2D eigenvalue weighted by molar-refractivity contribution is 0.0981. The second-order valence-corrected chi connectivity index (χ2v) is 6.13. The Morgan fingerprint density at radius 1 is 1.24 bits per heavy atom. The zero-order valence-corrected chi connectivity index (χ0v) is 12.5. The Bertz CT molecular complexity index is 562. The molecule has 0 aromatic heterocycles. The number of nitrogens with zero attached hydrogens (tertiary/aromatic N) is 1. The van der Waals surface area contributed by atoms with Gasteiger partial charge < -0.3 is 5.32 Å². The van der Waals surface area contributed by atoms with Crippen molar-refractivity contribution in [1.29, 1.82) is 0 Å². The minimum atomic E-state index is -0.0560. The van der Waals surface area contributed by atoms with Gasteiger partial charge in [-0.1, -0.05) is 30.9 Å². The normalized spacial score (nSPS) is 19.3. The molecule has 1 N–H and O–H groups in total. The van der Waals surface area contributed by atoms with Crippen LogP contribution in [-0.4, -0.2) is 24.4 Å². The average molecular weight is 286 g/mol. The minimum Gasteiger partial charge on any atom is -0.335 e. The highest BCUT2D eigenvalue weighted by atomic mass is 16.2. The molecule has 0 atom stereocenters. The Morgan fingerprint density at radius 2 is 2.00 bits per heavy atom. The van der Waals surface area contributed by atoms with E-state index >= 15 is 0 Å². The van der Waals surface area contributed by atoms with E-state index in [1.807, 2.05) is 25.1 Å².